The quantitative estimate of drug-likeness (QED) is 0.122. The number of aromatic nitrogens is 2. The molecule has 6 aromatic rings. The van der Waals surface area contributed by atoms with Crippen molar-refractivity contribution in [2.24, 2.45) is 5.10 Å². The summed E-state index contributed by atoms with van der Waals surface area (Å²) < 4.78 is 13.1. The molecule has 0 atom stereocenters. The average Bonchev–Trinajstić information content (AvgIpc) is 3.41. The standard InChI is InChI=1S/C30H19ClN4O5/c31-24-10-4-1-8-20(24)18-39-26-14-13-22(35(37)38)15-21(26)17-32-34-29(28-16-19-7-2-6-12-27(19)40-28)33-25-11-5-3-9-23(25)30(34)36/h1-17H,18H2. The number of para-hydroxylation sites is 2. The zero-order valence-electron chi connectivity index (χ0n) is 20.7. The highest BCUT2D eigenvalue weighted by Gasteiger charge is 2.17. The van der Waals surface area contributed by atoms with Crippen LogP contribution < -0.4 is 10.3 Å². The number of halogens is 1. The molecule has 0 amide bonds. The summed E-state index contributed by atoms with van der Waals surface area (Å²) in [5, 5.41) is 17.7. The van der Waals surface area contributed by atoms with Gasteiger partial charge >= 0.3 is 0 Å². The molecule has 0 aliphatic carbocycles. The number of nitro groups is 1. The number of benzene rings is 4. The van der Waals surface area contributed by atoms with Crippen LogP contribution >= 0.6 is 11.6 Å². The fourth-order valence-corrected chi connectivity index (χ4v) is 4.45. The molecule has 6 rings (SSSR count). The minimum Gasteiger partial charge on any atom is -0.488 e. The van der Waals surface area contributed by atoms with Gasteiger partial charge in [0.25, 0.3) is 11.2 Å². The van der Waals surface area contributed by atoms with Crippen molar-refractivity contribution in [3.05, 3.63) is 134 Å². The first-order valence-corrected chi connectivity index (χ1v) is 12.6. The zero-order valence-corrected chi connectivity index (χ0v) is 21.5. The zero-order chi connectivity index (χ0) is 27.6. The molecular weight excluding hydrogens is 532 g/mol. The van der Waals surface area contributed by atoms with Crippen molar-refractivity contribution in [2.45, 2.75) is 6.61 Å². The third kappa shape index (κ3) is 4.81. The molecule has 2 heterocycles. The van der Waals surface area contributed by atoms with Crippen molar-refractivity contribution in [3.63, 3.8) is 0 Å². The summed E-state index contributed by atoms with van der Waals surface area (Å²) in [6, 6.07) is 27.5. The Morgan fingerprint density at radius 2 is 1.77 bits per heavy atom. The van der Waals surface area contributed by atoms with E-state index in [1.165, 1.54) is 24.4 Å². The first-order chi connectivity index (χ1) is 19.5. The van der Waals surface area contributed by atoms with Gasteiger partial charge in [0.05, 0.1) is 22.0 Å². The number of nitrogens with zero attached hydrogens (tertiary/aromatic N) is 4. The van der Waals surface area contributed by atoms with Gasteiger partial charge < -0.3 is 9.15 Å². The molecule has 196 valence electrons. The Morgan fingerprint density at radius 1 is 1.00 bits per heavy atom. The molecule has 0 spiro atoms. The Kier molecular flexibility index (Phi) is 6.55. The molecule has 0 aliphatic rings. The van der Waals surface area contributed by atoms with E-state index >= 15 is 0 Å². The molecule has 9 nitrogen and oxygen atoms in total. The maximum atomic E-state index is 13.6. The van der Waals surface area contributed by atoms with Crippen LogP contribution in [0.4, 0.5) is 5.69 Å². The van der Waals surface area contributed by atoms with Crippen molar-refractivity contribution >= 4 is 45.4 Å². The Hall–Kier alpha value is -5.28. The highest BCUT2D eigenvalue weighted by atomic mass is 35.5. The lowest BCUT2D eigenvalue weighted by molar-refractivity contribution is -0.384. The number of furan rings is 1. The van der Waals surface area contributed by atoms with Crippen molar-refractivity contribution in [1.82, 2.24) is 9.66 Å². The molecule has 0 aliphatic heterocycles. The highest BCUT2D eigenvalue weighted by molar-refractivity contribution is 6.31. The molecule has 10 heteroatoms. The van der Waals surface area contributed by atoms with Crippen LogP contribution in [-0.4, -0.2) is 20.8 Å². The molecule has 0 unspecified atom stereocenters. The van der Waals surface area contributed by atoms with Crippen LogP contribution in [0.2, 0.25) is 5.02 Å². The molecule has 0 N–H and O–H groups in total. The van der Waals surface area contributed by atoms with E-state index in [0.29, 0.717) is 33.0 Å². The van der Waals surface area contributed by atoms with E-state index in [2.05, 4.69) is 10.1 Å². The van der Waals surface area contributed by atoms with E-state index < -0.39 is 10.5 Å². The van der Waals surface area contributed by atoms with E-state index in [1.54, 1.807) is 36.4 Å². The van der Waals surface area contributed by atoms with E-state index in [1.807, 2.05) is 42.5 Å². The van der Waals surface area contributed by atoms with Gasteiger partial charge in [0.2, 0.25) is 5.82 Å². The van der Waals surface area contributed by atoms with Crippen LogP contribution in [0, 0.1) is 10.1 Å². The van der Waals surface area contributed by atoms with Crippen LogP contribution in [0.25, 0.3) is 33.5 Å². The molecule has 2 aromatic heterocycles. The first-order valence-electron chi connectivity index (χ1n) is 12.2. The maximum absolute atomic E-state index is 13.6. The summed E-state index contributed by atoms with van der Waals surface area (Å²) in [6.45, 7) is 0.125. The second kappa shape index (κ2) is 10.5. The number of hydrogen-bond acceptors (Lipinski definition) is 7. The van der Waals surface area contributed by atoms with Crippen molar-refractivity contribution < 1.29 is 14.1 Å². The maximum Gasteiger partial charge on any atom is 0.282 e. The molecule has 0 fully saturated rings. The van der Waals surface area contributed by atoms with Gasteiger partial charge in [0.15, 0.2) is 5.76 Å². The number of rotatable bonds is 7. The van der Waals surface area contributed by atoms with Gasteiger partial charge in [0.1, 0.15) is 17.9 Å². The Morgan fingerprint density at radius 3 is 2.60 bits per heavy atom. The highest BCUT2D eigenvalue weighted by Crippen LogP contribution is 2.28. The van der Waals surface area contributed by atoms with Crippen LogP contribution in [-0.2, 0) is 6.61 Å². The summed E-state index contributed by atoms with van der Waals surface area (Å²) in [5.41, 5.74) is 1.55. The second-order valence-electron chi connectivity index (χ2n) is 8.82. The van der Waals surface area contributed by atoms with Crippen molar-refractivity contribution in [3.8, 4) is 17.3 Å². The minimum absolute atomic E-state index is 0.125. The van der Waals surface area contributed by atoms with Gasteiger partial charge in [-0.1, -0.05) is 60.1 Å². The minimum atomic E-state index is -0.515. The van der Waals surface area contributed by atoms with Gasteiger partial charge in [0, 0.05) is 33.7 Å². The van der Waals surface area contributed by atoms with Crippen LogP contribution in [0.3, 0.4) is 0 Å². The summed E-state index contributed by atoms with van der Waals surface area (Å²) >= 11 is 6.26. The summed E-state index contributed by atoms with van der Waals surface area (Å²) in [4.78, 5) is 29.2. The van der Waals surface area contributed by atoms with E-state index in [-0.39, 0.29) is 23.7 Å². The molecular formula is C30H19ClN4O5. The van der Waals surface area contributed by atoms with E-state index in [0.717, 1.165) is 15.6 Å². The predicted molar refractivity (Wildman–Crippen MR) is 153 cm³/mol. The third-order valence-corrected chi connectivity index (χ3v) is 6.63. The van der Waals surface area contributed by atoms with Crippen LogP contribution in [0.5, 0.6) is 5.75 Å². The molecule has 40 heavy (non-hydrogen) atoms. The van der Waals surface area contributed by atoms with Crippen molar-refractivity contribution in [2.75, 3.05) is 0 Å². The number of hydrogen-bond donors (Lipinski definition) is 0. The predicted octanol–water partition coefficient (Wildman–Crippen LogP) is 6.83. The lowest BCUT2D eigenvalue weighted by Gasteiger charge is -2.11. The lowest BCUT2D eigenvalue weighted by atomic mass is 10.2. The third-order valence-electron chi connectivity index (χ3n) is 6.26. The van der Waals surface area contributed by atoms with E-state index in [4.69, 9.17) is 20.8 Å². The van der Waals surface area contributed by atoms with Gasteiger partial charge in [-0.05, 0) is 36.4 Å². The lowest BCUT2D eigenvalue weighted by Crippen LogP contribution is -2.20. The van der Waals surface area contributed by atoms with Crippen molar-refractivity contribution in [1.29, 1.82) is 0 Å². The Bertz CT molecular complexity index is 1960. The fourth-order valence-electron chi connectivity index (χ4n) is 4.26. The summed E-state index contributed by atoms with van der Waals surface area (Å²) in [7, 11) is 0. The first kappa shape index (κ1) is 25.0. The summed E-state index contributed by atoms with van der Waals surface area (Å²) in [6.07, 6.45) is 1.33. The second-order valence-corrected chi connectivity index (χ2v) is 9.23. The number of nitro benzene ring substituents is 1. The Labute approximate surface area is 231 Å². The van der Waals surface area contributed by atoms with Gasteiger partial charge in [-0.15, -0.1) is 0 Å². The van der Waals surface area contributed by atoms with Crippen LogP contribution in [0.1, 0.15) is 11.1 Å². The molecule has 0 saturated carbocycles. The number of non-ortho nitro benzene ring substituents is 1. The monoisotopic (exact) mass is 550 g/mol. The van der Waals surface area contributed by atoms with Gasteiger partial charge in [-0.2, -0.15) is 9.78 Å². The molecule has 0 bridgehead atoms. The summed E-state index contributed by atoms with van der Waals surface area (Å²) in [5.74, 6) is 0.844. The average molecular weight is 551 g/mol. The smallest absolute Gasteiger partial charge is 0.282 e. The molecule has 0 radical (unpaired) electrons. The van der Waals surface area contributed by atoms with Crippen LogP contribution in [0.15, 0.2) is 111 Å². The number of fused-ring (bicyclic) bond motifs is 2. The fraction of sp³-hybridized carbons (Fsp3) is 0.0333. The van der Waals surface area contributed by atoms with E-state index in [9.17, 15) is 14.9 Å². The normalized spacial score (nSPS) is 11.4. The number of ether oxygens (including phenoxy) is 1. The van der Waals surface area contributed by atoms with Gasteiger partial charge in [-0.3, -0.25) is 14.9 Å². The topological polar surface area (TPSA) is 113 Å². The molecule has 0 saturated heterocycles. The Balaban J connectivity index is 1.47. The molecule has 4 aromatic carbocycles. The van der Waals surface area contributed by atoms with Gasteiger partial charge in [-0.25, -0.2) is 4.98 Å². The SMILES string of the molecule is O=c1c2ccccc2nc(-c2cc3ccccc3o2)n1N=Cc1cc([N+](=O)[O-])ccc1OCc1ccccc1Cl. The largest absolute Gasteiger partial charge is 0.488 e.